The number of anilines is 2. The minimum atomic E-state index is -4.07. The van der Waals surface area contributed by atoms with Crippen molar-refractivity contribution in [1.82, 2.24) is 15.3 Å². The van der Waals surface area contributed by atoms with Crippen molar-refractivity contribution in [3.63, 3.8) is 0 Å². The average molecular weight is 429 g/mol. The fourth-order valence-electron chi connectivity index (χ4n) is 2.60. The van der Waals surface area contributed by atoms with Crippen molar-refractivity contribution >= 4 is 27.6 Å². The summed E-state index contributed by atoms with van der Waals surface area (Å²) in [6.07, 6.45) is 3.19. The fraction of sp³-hybridized carbons (Fsp3) is 0.150. The molecular weight excluding hydrogens is 409 g/mol. The molecule has 0 aliphatic carbocycles. The van der Waals surface area contributed by atoms with Crippen LogP contribution in [-0.2, 0) is 10.0 Å². The van der Waals surface area contributed by atoms with E-state index >= 15 is 0 Å². The third-order valence-electron chi connectivity index (χ3n) is 4.14. The largest absolute Gasteiger partial charge is 0.352 e. The lowest BCUT2D eigenvalue weighted by molar-refractivity contribution is 0.0954. The Labute approximate surface area is 173 Å². The van der Waals surface area contributed by atoms with Gasteiger partial charge in [0.1, 0.15) is 5.82 Å². The van der Waals surface area contributed by atoms with Crippen LogP contribution < -0.4 is 15.4 Å². The molecule has 0 aliphatic heterocycles. The minimum Gasteiger partial charge on any atom is -0.352 e. The van der Waals surface area contributed by atoms with Crippen molar-refractivity contribution in [1.29, 1.82) is 0 Å². The summed E-state index contributed by atoms with van der Waals surface area (Å²) in [7, 11) is -4.07. The maximum atomic E-state index is 13.8. The molecule has 0 unspecified atom stereocenters. The van der Waals surface area contributed by atoms with Crippen LogP contribution in [0.15, 0.2) is 65.8 Å². The topological polar surface area (TPSA) is 113 Å². The number of para-hydroxylation sites is 1. The molecule has 1 aromatic heterocycles. The number of rotatable bonds is 8. The van der Waals surface area contributed by atoms with Crippen LogP contribution in [0.5, 0.6) is 0 Å². The molecule has 0 fully saturated rings. The van der Waals surface area contributed by atoms with E-state index in [9.17, 15) is 17.6 Å². The van der Waals surface area contributed by atoms with E-state index in [0.717, 1.165) is 6.07 Å². The molecule has 3 N–H and O–H groups in total. The van der Waals surface area contributed by atoms with Crippen LogP contribution >= 0.6 is 0 Å². The van der Waals surface area contributed by atoms with Gasteiger partial charge < -0.3 is 10.6 Å². The van der Waals surface area contributed by atoms with Crippen LogP contribution in [0.4, 0.5) is 16.0 Å². The Bertz CT molecular complexity index is 1140. The highest BCUT2D eigenvalue weighted by Gasteiger charge is 2.19. The number of carbonyl (C=O) groups excluding carboxylic acids is 1. The van der Waals surface area contributed by atoms with E-state index < -0.39 is 21.7 Å². The third kappa shape index (κ3) is 5.29. The Hall–Kier alpha value is -3.53. The van der Waals surface area contributed by atoms with E-state index in [0.29, 0.717) is 18.1 Å². The van der Waals surface area contributed by atoms with Crippen LogP contribution in [0.2, 0.25) is 0 Å². The van der Waals surface area contributed by atoms with Gasteiger partial charge in [-0.25, -0.2) is 22.8 Å². The van der Waals surface area contributed by atoms with Gasteiger partial charge >= 0.3 is 0 Å². The lowest BCUT2D eigenvalue weighted by Crippen LogP contribution is -2.29. The number of benzene rings is 2. The van der Waals surface area contributed by atoms with Crippen LogP contribution in [-0.4, -0.2) is 37.4 Å². The molecule has 2 aromatic carbocycles. The van der Waals surface area contributed by atoms with E-state index in [4.69, 9.17) is 0 Å². The summed E-state index contributed by atoms with van der Waals surface area (Å²) in [4.78, 5) is 20.4. The first-order valence-corrected chi connectivity index (χ1v) is 10.5. The summed E-state index contributed by atoms with van der Waals surface area (Å²) in [5.41, 5.74) is 0.650. The number of nitrogens with one attached hydrogen (secondary N) is 3. The van der Waals surface area contributed by atoms with Gasteiger partial charge in [-0.05, 0) is 42.8 Å². The first kappa shape index (κ1) is 21.2. The van der Waals surface area contributed by atoms with Crippen LogP contribution in [0, 0.1) is 12.7 Å². The van der Waals surface area contributed by atoms with Gasteiger partial charge in [0.05, 0.1) is 10.6 Å². The molecule has 10 heteroatoms. The van der Waals surface area contributed by atoms with E-state index in [1.807, 2.05) is 0 Å². The average Bonchev–Trinajstić information content (AvgIpc) is 2.73. The van der Waals surface area contributed by atoms with Gasteiger partial charge in [0, 0.05) is 31.0 Å². The third-order valence-corrected chi connectivity index (χ3v) is 5.50. The molecule has 0 bridgehead atoms. The van der Waals surface area contributed by atoms with Crippen LogP contribution in [0.3, 0.4) is 0 Å². The number of aromatic nitrogens is 2. The number of sulfonamides is 1. The molecule has 0 saturated heterocycles. The Kier molecular flexibility index (Phi) is 6.58. The fourth-order valence-corrected chi connectivity index (χ4v) is 3.69. The van der Waals surface area contributed by atoms with Gasteiger partial charge in [-0.1, -0.05) is 18.2 Å². The highest BCUT2D eigenvalue weighted by molar-refractivity contribution is 7.92. The first-order chi connectivity index (χ1) is 14.4. The van der Waals surface area contributed by atoms with Gasteiger partial charge in [-0.2, -0.15) is 0 Å². The number of carbonyl (C=O) groups is 1. The number of aryl methyl sites for hydroxylation is 1. The predicted octanol–water partition coefficient (Wildman–Crippen LogP) is 2.57. The zero-order valence-corrected chi connectivity index (χ0v) is 16.9. The maximum absolute atomic E-state index is 13.8. The summed E-state index contributed by atoms with van der Waals surface area (Å²) in [6.45, 7) is 2.37. The van der Waals surface area contributed by atoms with Gasteiger partial charge in [-0.15, -0.1) is 0 Å². The number of hydrogen-bond donors (Lipinski definition) is 3. The molecule has 3 rings (SSSR count). The molecule has 156 valence electrons. The Morgan fingerprint density at radius 1 is 1.03 bits per heavy atom. The van der Waals surface area contributed by atoms with E-state index in [1.165, 1.54) is 36.4 Å². The van der Waals surface area contributed by atoms with Crippen molar-refractivity contribution < 1.29 is 17.6 Å². The summed E-state index contributed by atoms with van der Waals surface area (Å²) in [5.74, 6) is -0.678. The summed E-state index contributed by atoms with van der Waals surface area (Å²) in [5, 5.41) is 5.67. The zero-order valence-electron chi connectivity index (χ0n) is 16.1. The lowest BCUT2D eigenvalue weighted by Gasteiger charge is -2.12. The molecule has 3 aromatic rings. The first-order valence-electron chi connectivity index (χ1n) is 9.04. The molecule has 8 nitrogen and oxygen atoms in total. The predicted molar refractivity (Wildman–Crippen MR) is 111 cm³/mol. The second kappa shape index (κ2) is 9.31. The second-order valence-electron chi connectivity index (χ2n) is 6.32. The van der Waals surface area contributed by atoms with Gasteiger partial charge in [-0.3, -0.25) is 9.52 Å². The van der Waals surface area contributed by atoms with Crippen molar-refractivity contribution in [3.8, 4) is 0 Å². The zero-order chi connectivity index (χ0) is 21.6. The molecule has 1 heterocycles. The summed E-state index contributed by atoms with van der Waals surface area (Å²) < 4.78 is 41.2. The molecule has 0 saturated carbocycles. The Morgan fingerprint density at radius 2 is 1.77 bits per heavy atom. The van der Waals surface area contributed by atoms with Gasteiger partial charge in [0.15, 0.2) is 0 Å². The standard InChI is InChI=1S/C20H20FN5O3S/c1-14-7-8-15(30(28,29)26-18-6-3-2-5-17(18)21)13-16(14)19(27)22-11-12-25-20-23-9-4-10-24-20/h2-10,13,26H,11-12H2,1H3,(H,22,27)(H,23,24,25). The second-order valence-corrected chi connectivity index (χ2v) is 8.00. The maximum Gasteiger partial charge on any atom is 0.262 e. The van der Waals surface area contributed by atoms with Gasteiger partial charge in [0.25, 0.3) is 15.9 Å². The normalized spacial score (nSPS) is 11.0. The number of nitrogens with zero attached hydrogens (tertiary/aromatic N) is 2. The summed E-state index contributed by atoms with van der Waals surface area (Å²) in [6, 6.07) is 11.3. The van der Waals surface area contributed by atoms with E-state index in [2.05, 4.69) is 25.3 Å². The molecule has 30 heavy (non-hydrogen) atoms. The number of halogens is 1. The molecular formula is C20H20FN5O3S. The van der Waals surface area contributed by atoms with Crippen molar-refractivity contribution in [2.24, 2.45) is 0 Å². The number of amides is 1. The van der Waals surface area contributed by atoms with Crippen LogP contribution in [0.1, 0.15) is 15.9 Å². The highest BCUT2D eigenvalue weighted by Crippen LogP contribution is 2.21. The van der Waals surface area contributed by atoms with Crippen LogP contribution in [0.25, 0.3) is 0 Å². The monoisotopic (exact) mass is 429 g/mol. The Morgan fingerprint density at radius 3 is 2.50 bits per heavy atom. The smallest absolute Gasteiger partial charge is 0.262 e. The highest BCUT2D eigenvalue weighted by atomic mass is 32.2. The quantitative estimate of drug-likeness (QED) is 0.475. The Balaban J connectivity index is 1.68. The van der Waals surface area contributed by atoms with E-state index in [-0.39, 0.29) is 22.7 Å². The molecule has 0 atom stereocenters. The molecule has 0 spiro atoms. The molecule has 1 amide bonds. The van der Waals surface area contributed by atoms with Gasteiger partial charge in [0.2, 0.25) is 5.95 Å². The van der Waals surface area contributed by atoms with Crippen molar-refractivity contribution in [3.05, 3.63) is 77.9 Å². The molecule has 0 aliphatic rings. The van der Waals surface area contributed by atoms with E-state index in [1.54, 1.807) is 25.4 Å². The number of hydrogen-bond acceptors (Lipinski definition) is 6. The summed E-state index contributed by atoms with van der Waals surface area (Å²) >= 11 is 0. The minimum absolute atomic E-state index is 0.141. The SMILES string of the molecule is Cc1ccc(S(=O)(=O)Nc2ccccc2F)cc1C(=O)NCCNc1ncccn1. The molecule has 0 radical (unpaired) electrons. The van der Waals surface area contributed by atoms with Crippen molar-refractivity contribution in [2.75, 3.05) is 23.1 Å². The lowest BCUT2D eigenvalue weighted by atomic mass is 10.1. The van der Waals surface area contributed by atoms with Crippen molar-refractivity contribution in [2.45, 2.75) is 11.8 Å².